The van der Waals surface area contributed by atoms with Crippen molar-refractivity contribution in [3.05, 3.63) is 66.8 Å². The summed E-state index contributed by atoms with van der Waals surface area (Å²) in [5.41, 5.74) is 3.01. The zero-order valence-corrected chi connectivity index (χ0v) is 17.5. The molecule has 1 aromatic carbocycles. The Bertz CT molecular complexity index is 710. The first kappa shape index (κ1) is 22.0. The number of carbonyl (C=O) groups is 1. The van der Waals surface area contributed by atoms with Crippen LogP contribution < -0.4 is 10.2 Å². The van der Waals surface area contributed by atoms with E-state index in [4.69, 9.17) is 4.74 Å². The van der Waals surface area contributed by atoms with E-state index in [9.17, 15) is 4.79 Å². The minimum Gasteiger partial charge on any atom is -0.444 e. The Hall–Kier alpha value is -2.33. The van der Waals surface area contributed by atoms with Crippen LogP contribution in [0.2, 0.25) is 0 Å². The van der Waals surface area contributed by atoms with Crippen LogP contribution in [0.4, 0.5) is 10.5 Å². The Morgan fingerprint density at radius 2 is 2.04 bits per heavy atom. The molecule has 1 aliphatic carbocycles. The molecule has 4 heteroatoms. The predicted molar refractivity (Wildman–Crippen MR) is 118 cm³/mol. The molecular formula is C24H34N2O2. The lowest BCUT2D eigenvalue weighted by Crippen LogP contribution is -2.50. The second kappa shape index (κ2) is 10.9. The van der Waals surface area contributed by atoms with Gasteiger partial charge in [-0.2, -0.15) is 0 Å². The summed E-state index contributed by atoms with van der Waals surface area (Å²) in [6, 6.07) is 8.69. The number of nitrogens with one attached hydrogen (secondary N) is 1. The largest absolute Gasteiger partial charge is 0.444 e. The van der Waals surface area contributed by atoms with Crippen LogP contribution in [0.1, 0.15) is 51.6 Å². The van der Waals surface area contributed by atoms with Crippen molar-refractivity contribution in [2.45, 2.75) is 52.1 Å². The molecule has 0 spiro atoms. The molecule has 0 bridgehead atoms. The minimum absolute atomic E-state index is 0.192. The lowest BCUT2D eigenvalue weighted by molar-refractivity contribution is 0.156. The number of benzene rings is 1. The van der Waals surface area contributed by atoms with Crippen molar-refractivity contribution >= 4 is 11.8 Å². The van der Waals surface area contributed by atoms with Crippen molar-refractivity contribution < 1.29 is 9.53 Å². The summed E-state index contributed by atoms with van der Waals surface area (Å²) in [7, 11) is 0. The van der Waals surface area contributed by atoms with Gasteiger partial charge in [0.15, 0.2) is 0 Å². The molecule has 4 nitrogen and oxygen atoms in total. The second-order valence-electron chi connectivity index (χ2n) is 6.86. The summed E-state index contributed by atoms with van der Waals surface area (Å²) in [5, 5.41) is 3.64. The molecule has 28 heavy (non-hydrogen) atoms. The van der Waals surface area contributed by atoms with Gasteiger partial charge in [-0.15, -0.1) is 0 Å². The number of anilines is 1. The maximum atomic E-state index is 13.0. The molecule has 1 amide bonds. The van der Waals surface area contributed by atoms with Gasteiger partial charge in [0.25, 0.3) is 0 Å². The van der Waals surface area contributed by atoms with Crippen LogP contribution in [0.25, 0.3) is 0 Å². The highest BCUT2D eigenvalue weighted by atomic mass is 16.6. The summed E-state index contributed by atoms with van der Waals surface area (Å²) in [5.74, 6) is 0.431. The molecule has 1 aliphatic heterocycles. The number of amides is 1. The van der Waals surface area contributed by atoms with Gasteiger partial charge in [0, 0.05) is 12.1 Å². The number of allylic oxidation sites excluding steroid dienone is 2. The topological polar surface area (TPSA) is 41.6 Å². The van der Waals surface area contributed by atoms with Crippen molar-refractivity contribution in [2.75, 3.05) is 18.1 Å². The summed E-state index contributed by atoms with van der Waals surface area (Å²) >= 11 is 0. The molecule has 152 valence electrons. The number of hydrogen-bond donors (Lipinski definition) is 1. The van der Waals surface area contributed by atoms with Crippen molar-refractivity contribution in [3.63, 3.8) is 0 Å². The molecule has 1 saturated carbocycles. The molecule has 2 aliphatic rings. The summed E-state index contributed by atoms with van der Waals surface area (Å²) in [6.45, 7) is 14.7. The molecule has 0 saturated heterocycles. The van der Waals surface area contributed by atoms with E-state index >= 15 is 0 Å². The highest BCUT2D eigenvalue weighted by molar-refractivity contribution is 5.90. The van der Waals surface area contributed by atoms with E-state index in [1.165, 1.54) is 5.56 Å². The fourth-order valence-corrected chi connectivity index (χ4v) is 4.31. The Morgan fingerprint density at radius 3 is 2.71 bits per heavy atom. The normalized spacial score (nSPS) is 23.0. The van der Waals surface area contributed by atoms with Crippen LogP contribution in [0, 0.1) is 5.92 Å². The fraction of sp³-hybridized carbons (Fsp3) is 0.458. The molecular weight excluding hydrogens is 348 g/mol. The Morgan fingerprint density at radius 1 is 1.29 bits per heavy atom. The van der Waals surface area contributed by atoms with E-state index in [1.807, 2.05) is 43.0 Å². The molecule has 1 N–H and O–H groups in total. The first-order valence-electron chi connectivity index (χ1n) is 10.4. The van der Waals surface area contributed by atoms with Gasteiger partial charge in [0.05, 0.1) is 5.69 Å². The smallest absolute Gasteiger partial charge is 0.414 e. The lowest BCUT2D eigenvalue weighted by atomic mass is 9.83. The summed E-state index contributed by atoms with van der Waals surface area (Å²) < 4.78 is 5.63. The van der Waals surface area contributed by atoms with E-state index in [-0.39, 0.29) is 18.7 Å². The van der Waals surface area contributed by atoms with Crippen molar-refractivity contribution in [2.24, 2.45) is 5.92 Å². The van der Waals surface area contributed by atoms with Gasteiger partial charge in [-0.05, 0) is 42.5 Å². The standard InChI is InChI=1S/C22H28N2O2.C2H6/c1-4-10-16(5-2)15-26-22(25)24-19-13-8-7-11-17(19)21(23-6-3)18-12-9-14-20(18)24;1-2/h4-5,7-8,10-11,13,18,20-21,23H,1-2,6,9,12,14-15H2,3H3;1-2H3/b16-10+;. The maximum Gasteiger partial charge on any atom is 0.414 e. The fourth-order valence-electron chi connectivity index (χ4n) is 4.31. The first-order chi connectivity index (χ1) is 13.7. The second-order valence-corrected chi connectivity index (χ2v) is 6.86. The van der Waals surface area contributed by atoms with Crippen molar-refractivity contribution in [1.82, 2.24) is 5.32 Å². The molecule has 3 unspecified atom stereocenters. The van der Waals surface area contributed by atoms with E-state index in [0.717, 1.165) is 37.1 Å². The third kappa shape index (κ3) is 4.56. The van der Waals surface area contributed by atoms with Gasteiger partial charge in [-0.3, -0.25) is 4.90 Å². The van der Waals surface area contributed by atoms with E-state index in [0.29, 0.717) is 12.0 Å². The highest BCUT2D eigenvalue weighted by Gasteiger charge is 2.46. The predicted octanol–water partition coefficient (Wildman–Crippen LogP) is 5.79. The van der Waals surface area contributed by atoms with Gasteiger partial charge in [0.1, 0.15) is 6.61 Å². The number of ether oxygens (including phenoxy) is 1. The zero-order chi connectivity index (χ0) is 20.5. The van der Waals surface area contributed by atoms with Crippen LogP contribution in [0.15, 0.2) is 61.2 Å². The van der Waals surface area contributed by atoms with Crippen LogP contribution >= 0.6 is 0 Å². The van der Waals surface area contributed by atoms with Crippen LogP contribution in [-0.4, -0.2) is 25.3 Å². The summed E-state index contributed by atoms with van der Waals surface area (Å²) in [4.78, 5) is 14.9. The Balaban J connectivity index is 0.00000136. The minimum atomic E-state index is -0.277. The van der Waals surface area contributed by atoms with Gasteiger partial charge in [-0.25, -0.2) is 4.79 Å². The molecule has 0 radical (unpaired) electrons. The van der Waals surface area contributed by atoms with Crippen molar-refractivity contribution in [3.8, 4) is 0 Å². The van der Waals surface area contributed by atoms with Crippen LogP contribution in [-0.2, 0) is 4.74 Å². The monoisotopic (exact) mass is 382 g/mol. The summed E-state index contributed by atoms with van der Waals surface area (Å²) in [6.07, 6.45) is 8.20. The molecule has 1 fully saturated rings. The highest BCUT2D eigenvalue weighted by Crippen LogP contribution is 2.47. The van der Waals surface area contributed by atoms with E-state index in [1.54, 1.807) is 12.2 Å². The Kier molecular flexibility index (Phi) is 8.52. The SMILES string of the molecule is C=C/C=C(\C=C)COC(=O)N1c2ccccc2C(NCC)C2CCCC21.CC. The van der Waals surface area contributed by atoms with Crippen LogP contribution in [0.5, 0.6) is 0 Å². The molecule has 0 aromatic heterocycles. The van der Waals surface area contributed by atoms with Crippen LogP contribution in [0.3, 0.4) is 0 Å². The molecule has 3 atom stereocenters. The number of nitrogens with zero attached hydrogens (tertiary/aromatic N) is 1. The van der Waals surface area contributed by atoms with Gasteiger partial charge in [0.2, 0.25) is 0 Å². The first-order valence-corrected chi connectivity index (χ1v) is 10.4. The number of rotatable bonds is 6. The quantitative estimate of drug-likeness (QED) is 0.633. The van der Waals surface area contributed by atoms with Gasteiger partial charge in [-0.1, -0.05) is 76.8 Å². The maximum absolute atomic E-state index is 13.0. The number of para-hydroxylation sites is 1. The third-order valence-corrected chi connectivity index (χ3v) is 5.40. The van der Waals surface area contributed by atoms with E-state index < -0.39 is 0 Å². The average Bonchev–Trinajstić information content (AvgIpc) is 3.21. The number of fused-ring (bicyclic) bond motifs is 2. The number of carbonyl (C=O) groups excluding carboxylic acids is 1. The van der Waals surface area contributed by atoms with Gasteiger partial charge < -0.3 is 10.1 Å². The molecule has 1 aromatic rings. The third-order valence-electron chi connectivity index (χ3n) is 5.40. The molecule has 1 heterocycles. The van der Waals surface area contributed by atoms with Crippen molar-refractivity contribution in [1.29, 1.82) is 0 Å². The number of hydrogen-bond acceptors (Lipinski definition) is 3. The lowest BCUT2D eigenvalue weighted by Gasteiger charge is -2.43. The zero-order valence-electron chi connectivity index (χ0n) is 17.5. The van der Waals surface area contributed by atoms with E-state index in [2.05, 4.69) is 31.5 Å². The molecule has 3 rings (SSSR count). The Labute approximate surface area is 170 Å². The average molecular weight is 383 g/mol. The van der Waals surface area contributed by atoms with Gasteiger partial charge >= 0.3 is 6.09 Å².